The third kappa shape index (κ3) is 2.97. The molecular weight excluding hydrogens is 290 g/mol. The Bertz CT molecular complexity index is 631. The van der Waals surface area contributed by atoms with Crippen molar-refractivity contribution in [1.29, 1.82) is 0 Å². The Morgan fingerprint density at radius 1 is 1.05 bits per heavy atom. The Morgan fingerprint density at radius 2 is 1.71 bits per heavy atom. The van der Waals surface area contributed by atoms with Gasteiger partial charge in [0.2, 0.25) is 0 Å². The third-order valence-electron chi connectivity index (χ3n) is 3.61. The molecule has 2 heterocycles. The molecular formula is C15H16ClN3O2. The van der Waals surface area contributed by atoms with Crippen LogP contribution in [0.3, 0.4) is 0 Å². The van der Waals surface area contributed by atoms with Gasteiger partial charge in [0, 0.05) is 37.6 Å². The minimum atomic E-state index is -0.112. The van der Waals surface area contributed by atoms with Crippen LogP contribution in [0.4, 0.5) is 11.4 Å². The molecule has 3 rings (SSSR count). The van der Waals surface area contributed by atoms with Crippen molar-refractivity contribution in [3.63, 3.8) is 0 Å². The molecule has 2 N–H and O–H groups in total. The maximum Gasteiger partial charge on any atom is 0.289 e. The Kier molecular flexibility index (Phi) is 3.75. The average Bonchev–Trinajstić information content (AvgIpc) is 2.94. The number of amides is 1. The van der Waals surface area contributed by atoms with Gasteiger partial charge < -0.3 is 20.0 Å². The van der Waals surface area contributed by atoms with Crippen LogP contribution in [0.25, 0.3) is 0 Å². The van der Waals surface area contributed by atoms with Crippen molar-refractivity contribution in [3.05, 3.63) is 47.4 Å². The Balaban J connectivity index is 1.62. The molecule has 2 aromatic rings. The van der Waals surface area contributed by atoms with Crippen molar-refractivity contribution in [3.8, 4) is 0 Å². The molecule has 1 amide bonds. The molecule has 0 radical (unpaired) electrons. The predicted octanol–water partition coefficient (Wildman–Crippen LogP) is 2.48. The van der Waals surface area contributed by atoms with E-state index in [0.29, 0.717) is 18.8 Å². The number of anilines is 2. The van der Waals surface area contributed by atoms with Crippen LogP contribution in [-0.4, -0.2) is 37.0 Å². The van der Waals surface area contributed by atoms with Gasteiger partial charge in [-0.1, -0.05) is 0 Å². The highest BCUT2D eigenvalue weighted by atomic mass is 35.5. The second-order valence-corrected chi connectivity index (χ2v) is 5.35. The van der Waals surface area contributed by atoms with Crippen LogP contribution in [0.2, 0.25) is 5.22 Å². The molecule has 1 saturated heterocycles. The lowest BCUT2D eigenvalue weighted by Gasteiger charge is -2.35. The first-order valence-corrected chi connectivity index (χ1v) is 7.16. The first-order chi connectivity index (χ1) is 10.1. The summed E-state index contributed by atoms with van der Waals surface area (Å²) in [7, 11) is 0. The number of benzene rings is 1. The van der Waals surface area contributed by atoms with Gasteiger partial charge in [-0.3, -0.25) is 4.79 Å². The van der Waals surface area contributed by atoms with Gasteiger partial charge in [-0.05, 0) is 48.0 Å². The molecule has 1 aliphatic heterocycles. The molecule has 110 valence electrons. The number of nitrogens with two attached hydrogens (primary N) is 1. The average molecular weight is 306 g/mol. The molecule has 1 aliphatic rings. The molecule has 0 aliphatic carbocycles. The Morgan fingerprint density at radius 3 is 2.29 bits per heavy atom. The molecule has 0 saturated carbocycles. The van der Waals surface area contributed by atoms with Crippen LogP contribution in [-0.2, 0) is 0 Å². The van der Waals surface area contributed by atoms with Gasteiger partial charge >= 0.3 is 0 Å². The lowest BCUT2D eigenvalue weighted by Crippen LogP contribution is -2.48. The quantitative estimate of drug-likeness (QED) is 0.866. The monoisotopic (exact) mass is 305 g/mol. The molecule has 21 heavy (non-hydrogen) atoms. The van der Waals surface area contributed by atoms with Crippen molar-refractivity contribution < 1.29 is 9.21 Å². The van der Waals surface area contributed by atoms with Crippen molar-refractivity contribution in [2.75, 3.05) is 36.8 Å². The second-order valence-electron chi connectivity index (χ2n) is 4.97. The maximum atomic E-state index is 12.2. The third-order valence-corrected chi connectivity index (χ3v) is 3.81. The largest absolute Gasteiger partial charge is 0.440 e. The molecule has 0 unspecified atom stereocenters. The summed E-state index contributed by atoms with van der Waals surface area (Å²) in [6.45, 7) is 2.87. The van der Waals surface area contributed by atoms with Gasteiger partial charge in [-0.25, -0.2) is 0 Å². The van der Waals surface area contributed by atoms with E-state index in [1.165, 1.54) is 0 Å². The molecule has 1 aromatic heterocycles. The number of nitrogens with zero attached hydrogens (tertiary/aromatic N) is 2. The first kappa shape index (κ1) is 13.8. The van der Waals surface area contributed by atoms with Crippen molar-refractivity contribution >= 4 is 28.9 Å². The van der Waals surface area contributed by atoms with Crippen LogP contribution in [0.1, 0.15) is 10.6 Å². The number of furan rings is 1. The summed E-state index contributed by atoms with van der Waals surface area (Å²) in [6.07, 6.45) is 0. The van der Waals surface area contributed by atoms with Crippen LogP contribution in [0, 0.1) is 0 Å². The summed E-state index contributed by atoms with van der Waals surface area (Å²) in [5.41, 5.74) is 7.57. The smallest absolute Gasteiger partial charge is 0.289 e. The zero-order valence-electron chi connectivity index (χ0n) is 11.5. The summed E-state index contributed by atoms with van der Waals surface area (Å²) in [6, 6.07) is 11.0. The molecule has 0 spiro atoms. The van der Waals surface area contributed by atoms with Gasteiger partial charge in [0.05, 0.1) is 0 Å². The normalized spacial score (nSPS) is 15.3. The van der Waals surface area contributed by atoms with E-state index in [9.17, 15) is 4.79 Å². The Labute approximate surface area is 127 Å². The Hall–Kier alpha value is -2.14. The van der Waals surface area contributed by atoms with E-state index >= 15 is 0 Å². The fourth-order valence-electron chi connectivity index (χ4n) is 2.44. The standard InChI is InChI=1S/C15H16ClN3O2/c16-14-6-5-13(21-14)15(20)19-9-7-18(8-10-19)12-3-1-11(17)2-4-12/h1-6H,7-10,17H2. The summed E-state index contributed by atoms with van der Waals surface area (Å²) in [4.78, 5) is 16.3. The second kappa shape index (κ2) is 5.69. The van der Waals surface area contributed by atoms with E-state index in [1.54, 1.807) is 17.0 Å². The number of rotatable bonds is 2. The van der Waals surface area contributed by atoms with Crippen LogP contribution in [0.5, 0.6) is 0 Å². The first-order valence-electron chi connectivity index (χ1n) is 6.78. The predicted molar refractivity (Wildman–Crippen MR) is 82.7 cm³/mol. The summed E-state index contributed by atoms with van der Waals surface area (Å²) >= 11 is 5.70. The minimum absolute atomic E-state index is 0.112. The molecule has 6 heteroatoms. The fraction of sp³-hybridized carbons (Fsp3) is 0.267. The minimum Gasteiger partial charge on any atom is -0.440 e. The molecule has 1 fully saturated rings. The van der Waals surface area contributed by atoms with Crippen LogP contribution < -0.4 is 10.6 Å². The number of halogens is 1. The zero-order chi connectivity index (χ0) is 14.8. The summed E-state index contributed by atoms with van der Waals surface area (Å²) < 4.78 is 5.17. The summed E-state index contributed by atoms with van der Waals surface area (Å²) in [5, 5.41) is 0.235. The van der Waals surface area contributed by atoms with Crippen LogP contribution >= 0.6 is 11.6 Å². The van der Waals surface area contributed by atoms with Gasteiger partial charge in [0.15, 0.2) is 11.0 Å². The molecule has 5 nitrogen and oxygen atoms in total. The maximum absolute atomic E-state index is 12.2. The molecule has 1 aromatic carbocycles. The highest BCUT2D eigenvalue weighted by Crippen LogP contribution is 2.20. The molecule has 0 atom stereocenters. The van der Waals surface area contributed by atoms with Gasteiger partial charge in [0.25, 0.3) is 5.91 Å². The van der Waals surface area contributed by atoms with E-state index in [4.69, 9.17) is 21.8 Å². The van der Waals surface area contributed by atoms with Gasteiger partial charge in [-0.15, -0.1) is 0 Å². The van der Waals surface area contributed by atoms with Crippen molar-refractivity contribution in [2.24, 2.45) is 0 Å². The number of carbonyl (C=O) groups is 1. The van der Waals surface area contributed by atoms with E-state index in [2.05, 4.69) is 4.90 Å². The summed E-state index contributed by atoms with van der Waals surface area (Å²) in [5.74, 6) is 0.180. The lowest BCUT2D eigenvalue weighted by atomic mass is 10.2. The van der Waals surface area contributed by atoms with E-state index in [1.807, 2.05) is 24.3 Å². The number of nitrogen functional groups attached to an aromatic ring is 1. The SMILES string of the molecule is Nc1ccc(N2CCN(C(=O)c3ccc(Cl)o3)CC2)cc1. The lowest BCUT2D eigenvalue weighted by molar-refractivity contribution is 0.0715. The van der Waals surface area contributed by atoms with Crippen LogP contribution in [0.15, 0.2) is 40.8 Å². The number of hydrogen-bond donors (Lipinski definition) is 1. The van der Waals surface area contributed by atoms with E-state index in [-0.39, 0.29) is 11.1 Å². The number of piperazine rings is 1. The molecule has 0 bridgehead atoms. The topological polar surface area (TPSA) is 62.7 Å². The van der Waals surface area contributed by atoms with E-state index < -0.39 is 0 Å². The fourth-order valence-corrected chi connectivity index (χ4v) is 2.58. The highest BCUT2D eigenvalue weighted by Gasteiger charge is 2.24. The zero-order valence-corrected chi connectivity index (χ0v) is 12.2. The number of carbonyl (C=O) groups excluding carboxylic acids is 1. The van der Waals surface area contributed by atoms with Gasteiger partial charge in [-0.2, -0.15) is 0 Å². The van der Waals surface area contributed by atoms with Crippen molar-refractivity contribution in [2.45, 2.75) is 0 Å². The van der Waals surface area contributed by atoms with Gasteiger partial charge in [0.1, 0.15) is 0 Å². The van der Waals surface area contributed by atoms with E-state index in [0.717, 1.165) is 24.5 Å². The number of hydrogen-bond acceptors (Lipinski definition) is 4. The van der Waals surface area contributed by atoms with Crippen molar-refractivity contribution in [1.82, 2.24) is 4.90 Å². The highest BCUT2D eigenvalue weighted by molar-refractivity contribution is 6.29.